The molecule has 2 aromatic rings. The maximum absolute atomic E-state index is 13.5. The highest BCUT2D eigenvalue weighted by molar-refractivity contribution is 6.27. The standard InChI is InChI=1S/C31H42ClN5O5/c1-21-10-12-23(13-11-21)20-34-29(41)25(18-22-8-6-5-7-9-22)36-30(42)24(14-15-27(39)37-31(2,3)4)35-26(38)16-17-33-28(40)19-32/h5-13,24-25H,14-20H2,1-4H3,(H,33,40)(H,34,41)(H,35,38)(H,36,42)(H,37,39)/t24-,25-/m0/s1. The molecule has 5 amide bonds. The Hall–Kier alpha value is -3.92. The van der Waals surface area contributed by atoms with Gasteiger partial charge in [0, 0.05) is 37.9 Å². The first-order valence-electron chi connectivity index (χ1n) is 14.0. The van der Waals surface area contributed by atoms with Gasteiger partial charge in [-0.15, -0.1) is 11.6 Å². The van der Waals surface area contributed by atoms with Crippen LogP contribution in [0.1, 0.15) is 56.7 Å². The van der Waals surface area contributed by atoms with E-state index in [0.29, 0.717) is 0 Å². The molecule has 228 valence electrons. The smallest absolute Gasteiger partial charge is 0.243 e. The molecule has 0 heterocycles. The predicted octanol–water partition coefficient (Wildman–Crippen LogP) is 2.26. The van der Waals surface area contributed by atoms with Crippen LogP contribution in [0.4, 0.5) is 0 Å². The van der Waals surface area contributed by atoms with Crippen LogP contribution in [-0.4, -0.2) is 59.6 Å². The van der Waals surface area contributed by atoms with E-state index >= 15 is 0 Å². The summed E-state index contributed by atoms with van der Waals surface area (Å²) in [5.74, 6) is -2.40. The molecule has 0 fully saturated rings. The molecule has 0 spiro atoms. The van der Waals surface area contributed by atoms with Crippen molar-refractivity contribution in [2.45, 2.75) is 77.5 Å². The van der Waals surface area contributed by atoms with Gasteiger partial charge >= 0.3 is 0 Å². The second kappa shape index (κ2) is 17.1. The van der Waals surface area contributed by atoms with Crippen LogP contribution in [0.2, 0.25) is 0 Å². The highest BCUT2D eigenvalue weighted by atomic mass is 35.5. The van der Waals surface area contributed by atoms with Gasteiger partial charge in [-0.25, -0.2) is 0 Å². The number of alkyl halides is 1. The summed E-state index contributed by atoms with van der Waals surface area (Å²) in [6.45, 7) is 7.82. The molecule has 0 unspecified atom stereocenters. The number of nitrogens with one attached hydrogen (secondary N) is 5. The number of hydrogen-bond acceptors (Lipinski definition) is 5. The number of halogens is 1. The third-order valence-corrected chi connectivity index (χ3v) is 6.37. The Morgan fingerprint density at radius 2 is 1.40 bits per heavy atom. The average Bonchev–Trinajstić information content (AvgIpc) is 2.93. The fourth-order valence-electron chi connectivity index (χ4n) is 4.00. The Morgan fingerprint density at radius 1 is 0.738 bits per heavy atom. The van der Waals surface area contributed by atoms with Gasteiger partial charge in [-0.2, -0.15) is 0 Å². The average molecular weight is 600 g/mol. The van der Waals surface area contributed by atoms with Gasteiger partial charge in [-0.3, -0.25) is 24.0 Å². The summed E-state index contributed by atoms with van der Waals surface area (Å²) in [5.41, 5.74) is 2.39. The van der Waals surface area contributed by atoms with Crippen LogP contribution in [0.5, 0.6) is 0 Å². The number of hydrogen-bond donors (Lipinski definition) is 5. The fourth-order valence-corrected chi connectivity index (χ4v) is 4.10. The summed E-state index contributed by atoms with van der Waals surface area (Å²) in [4.78, 5) is 63.3. The third kappa shape index (κ3) is 13.6. The van der Waals surface area contributed by atoms with Crippen LogP contribution in [0.15, 0.2) is 54.6 Å². The van der Waals surface area contributed by atoms with E-state index in [0.717, 1.165) is 16.7 Å². The lowest BCUT2D eigenvalue weighted by Gasteiger charge is -2.24. The molecule has 0 aliphatic rings. The molecule has 0 aliphatic carbocycles. The molecule has 11 heteroatoms. The largest absolute Gasteiger partial charge is 0.355 e. The van der Waals surface area contributed by atoms with Crippen LogP contribution in [0.3, 0.4) is 0 Å². The summed E-state index contributed by atoms with van der Waals surface area (Å²) >= 11 is 5.47. The number of rotatable bonds is 15. The second-order valence-electron chi connectivity index (χ2n) is 11.1. The van der Waals surface area contributed by atoms with Crippen LogP contribution < -0.4 is 26.6 Å². The lowest BCUT2D eigenvalue weighted by Crippen LogP contribution is -2.54. The first-order valence-corrected chi connectivity index (χ1v) is 14.5. The summed E-state index contributed by atoms with van der Waals surface area (Å²) in [7, 11) is 0. The molecule has 10 nitrogen and oxygen atoms in total. The SMILES string of the molecule is Cc1ccc(CNC(=O)[C@H](Cc2ccccc2)NC(=O)[C@H](CCC(=O)NC(C)(C)C)NC(=O)CCNC(=O)CCl)cc1. The van der Waals surface area contributed by atoms with Gasteiger partial charge in [-0.05, 0) is 45.2 Å². The summed E-state index contributed by atoms with van der Waals surface area (Å²) < 4.78 is 0. The predicted molar refractivity (Wildman–Crippen MR) is 163 cm³/mol. The van der Waals surface area contributed by atoms with E-state index in [2.05, 4.69) is 26.6 Å². The molecular formula is C31H42ClN5O5. The Labute approximate surface area is 252 Å². The Morgan fingerprint density at radius 3 is 2.02 bits per heavy atom. The molecule has 0 bridgehead atoms. The molecule has 2 rings (SSSR count). The maximum atomic E-state index is 13.5. The molecule has 0 radical (unpaired) electrons. The van der Waals surface area contributed by atoms with E-state index in [1.54, 1.807) is 0 Å². The van der Waals surface area contributed by atoms with Gasteiger partial charge in [0.15, 0.2) is 0 Å². The zero-order valence-corrected chi connectivity index (χ0v) is 25.5. The van der Waals surface area contributed by atoms with E-state index in [1.165, 1.54) is 0 Å². The van der Waals surface area contributed by atoms with Crippen molar-refractivity contribution >= 4 is 41.1 Å². The van der Waals surface area contributed by atoms with Crippen LogP contribution in [0, 0.1) is 6.92 Å². The zero-order chi connectivity index (χ0) is 31.1. The molecule has 0 saturated heterocycles. The molecular weight excluding hydrogens is 558 g/mol. The van der Waals surface area contributed by atoms with Crippen molar-refractivity contribution in [1.82, 2.24) is 26.6 Å². The van der Waals surface area contributed by atoms with Crippen molar-refractivity contribution < 1.29 is 24.0 Å². The van der Waals surface area contributed by atoms with Crippen molar-refractivity contribution in [1.29, 1.82) is 0 Å². The minimum Gasteiger partial charge on any atom is -0.355 e. The summed E-state index contributed by atoms with van der Waals surface area (Å²) in [5, 5.41) is 13.7. The second-order valence-corrected chi connectivity index (χ2v) is 11.4. The number of carbonyl (C=O) groups is 5. The summed E-state index contributed by atoms with van der Waals surface area (Å²) in [6, 6.07) is 15.0. The number of benzene rings is 2. The van der Waals surface area contributed by atoms with Gasteiger partial charge in [0.25, 0.3) is 0 Å². The number of carbonyl (C=O) groups excluding carboxylic acids is 5. The fraction of sp³-hybridized carbons (Fsp3) is 0.452. The van der Waals surface area contributed by atoms with Crippen molar-refractivity contribution in [2.75, 3.05) is 12.4 Å². The lowest BCUT2D eigenvalue weighted by atomic mass is 10.0. The van der Waals surface area contributed by atoms with Crippen molar-refractivity contribution in [3.05, 3.63) is 71.3 Å². The van der Waals surface area contributed by atoms with E-state index in [-0.39, 0.29) is 56.5 Å². The molecule has 42 heavy (non-hydrogen) atoms. The van der Waals surface area contributed by atoms with Crippen LogP contribution in [-0.2, 0) is 36.9 Å². The topological polar surface area (TPSA) is 146 Å². The molecule has 0 aromatic heterocycles. The van der Waals surface area contributed by atoms with Crippen LogP contribution >= 0.6 is 11.6 Å². The molecule has 0 aliphatic heterocycles. The van der Waals surface area contributed by atoms with Gasteiger partial charge in [0.2, 0.25) is 29.5 Å². The van der Waals surface area contributed by atoms with Gasteiger partial charge in [0.05, 0.1) is 0 Å². The number of amides is 5. The first-order chi connectivity index (χ1) is 19.9. The lowest BCUT2D eigenvalue weighted by molar-refractivity contribution is -0.133. The first kappa shape index (κ1) is 34.3. The minimum atomic E-state index is -1.09. The van der Waals surface area contributed by atoms with E-state index in [9.17, 15) is 24.0 Å². The quantitative estimate of drug-likeness (QED) is 0.199. The highest BCUT2D eigenvalue weighted by Crippen LogP contribution is 2.08. The molecule has 2 atom stereocenters. The monoisotopic (exact) mass is 599 g/mol. The molecule has 5 N–H and O–H groups in total. The maximum Gasteiger partial charge on any atom is 0.243 e. The normalized spacial score (nSPS) is 12.4. The zero-order valence-electron chi connectivity index (χ0n) is 24.7. The van der Waals surface area contributed by atoms with Gasteiger partial charge in [0.1, 0.15) is 18.0 Å². The minimum absolute atomic E-state index is 0.0105. The van der Waals surface area contributed by atoms with E-state index in [4.69, 9.17) is 11.6 Å². The van der Waals surface area contributed by atoms with Crippen molar-refractivity contribution in [3.63, 3.8) is 0 Å². The molecule has 2 aromatic carbocycles. The third-order valence-electron chi connectivity index (χ3n) is 6.12. The van der Waals surface area contributed by atoms with Crippen molar-refractivity contribution in [2.24, 2.45) is 0 Å². The number of aryl methyl sites for hydroxylation is 1. The van der Waals surface area contributed by atoms with E-state index in [1.807, 2.05) is 82.3 Å². The Kier molecular flexibility index (Phi) is 14.0. The Balaban J connectivity index is 2.16. The highest BCUT2D eigenvalue weighted by Gasteiger charge is 2.28. The Bertz CT molecular complexity index is 1200. The van der Waals surface area contributed by atoms with Crippen molar-refractivity contribution in [3.8, 4) is 0 Å². The van der Waals surface area contributed by atoms with E-state index < -0.39 is 35.3 Å². The molecule has 0 saturated carbocycles. The summed E-state index contributed by atoms with van der Waals surface area (Å²) in [6.07, 6.45) is 0.116. The van der Waals surface area contributed by atoms with Crippen LogP contribution in [0.25, 0.3) is 0 Å². The van der Waals surface area contributed by atoms with Gasteiger partial charge in [-0.1, -0.05) is 60.2 Å². The van der Waals surface area contributed by atoms with Gasteiger partial charge < -0.3 is 26.6 Å².